The van der Waals surface area contributed by atoms with Gasteiger partial charge in [-0.05, 0) is 44.8 Å². The summed E-state index contributed by atoms with van der Waals surface area (Å²) >= 11 is 0. The van der Waals surface area contributed by atoms with Crippen molar-refractivity contribution < 1.29 is 4.42 Å². The first-order valence-corrected chi connectivity index (χ1v) is 11.8. The molecule has 6 rings (SSSR count). The third kappa shape index (κ3) is 3.46. The molecule has 0 saturated carbocycles. The smallest absolute Gasteiger partial charge is 0.408 e. The molecule has 9 heteroatoms. The van der Waals surface area contributed by atoms with Crippen LogP contribution in [-0.4, -0.2) is 57.1 Å². The van der Waals surface area contributed by atoms with Gasteiger partial charge in [-0.15, -0.1) is 0 Å². The van der Waals surface area contributed by atoms with Gasteiger partial charge < -0.3 is 14.2 Å². The van der Waals surface area contributed by atoms with Crippen molar-refractivity contribution in [1.29, 1.82) is 5.26 Å². The number of rotatable bonds is 4. The maximum atomic E-state index is 12.1. The maximum Gasteiger partial charge on any atom is 0.419 e. The van der Waals surface area contributed by atoms with Gasteiger partial charge in [0.05, 0.1) is 41.1 Å². The fourth-order valence-electron chi connectivity index (χ4n) is 5.02. The number of aryl methyl sites for hydroxylation is 1. The Balaban J connectivity index is 1.60. The zero-order valence-electron chi connectivity index (χ0n) is 20.3. The van der Waals surface area contributed by atoms with Crippen LogP contribution in [0.4, 0.5) is 5.82 Å². The quantitative estimate of drug-likeness (QED) is 0.389. The molecule has 0 spiro atoms. The fraction of sp³-hybridized carbons (Fsp3) is 0.259. The van der Waals surface area contributed by atoms with Gasteiger partial charge in [0.25, 0.3) is 0 Å². The van der Waals surface area contributed by atoms with Gasteiger partial charge in [-0.1, -0.05) is 18.2 Å². The third-order valence-electron chi connectivity index (χ3n) is 7.10. The summed E-state index contributed by atoms with van der Waals surface area (Å²) in [4.78, 5) is 26.4. The van der Waals surface area contributed by atoms with Gasteiger partial charge in [-0.2, -0.15) is 5.26 Å². The first-order chi connectivity index (χ1) is 17.4. The SMILES string of the molecule is CN(C)C1CCN(c2nc(-c3ccc(C#N)cc3)c(-c3ccc4c(c3)oc(=O)n4C)n3cncc23)C1. The molecule has 0 radical (unpaired) electrons. The van der Waals surface area contributed by atoms with E-state index < -0.39 is 5.76 Å². The van der Waals surface area contributed by atoms with E-state index in [2.05, 4.69) is 39.3 Å². The van der Waals surface area contributed by atoms with Crippen LogP contribution in [0.25, 0.3) is 39.1 Å². The van der Waals surface area contributed by atoms with Crippen LogP contribution in [0.5, 0.6) is 0 Å². The first kappa shape index (κ1) is 22.1. The number of anilines is 1. The molecule has 1 saturated heterocycles. The number of likely N-dealkylation sites (N-methyl/N-ethyl adjacent to an activating group) is 1. The minimum atomic E-state index is -0.403. The molecule has 1 aliphatic rings. The van der Waals surface area contributed by atoms with Crippen molar-refractivity contribution in [2.24, 2.45) is 7.05 Å². The number of nitrogens with zero attached hydrogens (tertiary/aromatic N) is 7. The van der Waals surface area contributed by atoms with Crippen molar-refractivity contribution in [3.63, 3.8) is 0 Å². The second-order valence-corrected chi connectivity index (χ2v) is 9.43. The Kier molecular flexibility index (Phi) is 5.12. The number of aromatic nitrogens is 4. The Morgan fingerprint density at radius 2 is 1.89 bits per heavy atom. The summed E-state index contributed by atoms with van der Waals surface area (Å²) < 4.78 is 9.03. The van der Waals surface area contributed by atoms with Crippen molar-refractivity contribution in [2.45, 2.75) is 12.5 Å². The first-order valence-electron chi connectivity index (χ1n) is 11.8. The zero-order chi connectivity index (χ0) is 25.0. The van der Waals surface area contributed by atoms with Gasteiger partial charge in [0.1, 0.15) is 5.52 Å². The molecule has 180 valence electrons. The van der Waals surface area contributed by atoms with Crippen LogP contribution in [-0.2, 0) is 7.05 Å². The van der Waals surface area contributed by atoms with Crippen LogP contribution in [0.15, 0.2) is 64.2 Å². The monoisotopic (exact) mass is 479 g/mol. The average Bonchev–Trinajstić information content (AvgIpc) is 3.63. The molecule has 5 aromatic rings. The Morgan fingerprint density at radius 3 is 2.61 bits per heavy atom. The second-order valence-electron chi connectivity index (χ2n) is 9.43. The zero-order valence-corrected chi connectivity index (χ0v) is 20.3. The molecule has 1 atom stereocenters. The summed E-state index contributed by atoms with van der Waals surface area (Å²) in [6, 6.07) is 15.8. The minimum Gasteiger partial charge on any atom is -0.408 e. The van der Waals surface area contributed by atoms with Gasteiger partial charge in [0.2, 0.25) is 0 Å². The van der Waals surface area contributed by atoms with E-state index >= 15 is 0 Å². The topological polar surface area (TPSA) is 95.6 Å². The van der Waals surface area contributed by atoms with E-state index in [0.29, 0.717) is 17.2 Å². The molecule has 0 amide bonds. The number of oxazole rings is 1. The van der Waals surface area contributed by atoms with Crippen LogP contribution in [0.3, 0.4) is 0 Å². The highest BCUT2D eigenvalue weighted by Gasteiger charge is 2.28. The molecule has 0 aliphatic carbocycles. The normalized spacial score (nSPS) is 15.9. The average molecular weight is 480 g/mol. The van der Waals surface area contributed by atoms with Crippen molar-refractivity contribution in [3.05, 3.63) is 71.1 Å². The number of benzene rings is 2. The predicted molar refractivity (Wildman–Crippen MR) is 138 cm³/mol. The summed E-state index contributed by atoms with van der Waals surface area (Å²) in [5.74, 6) is 0.479. The Labute approximate surface area is 207 Å². The van der Waals surface area contributed by atoms with E-state index in [0.717, 1.165) is 58.9 Å². The number of fused-ring (bicyclic) bond motifs is 2. The molecular formula is C27H25N7O2. The molecule has 3 aromatic heterocycles. The fourth-order valence-corrected chi connectivity index (χ4v) is 5.02. The van der Waals surface area contributed by atoms with E-state index in [1.54, 1.807) is 25.5 Å². The van der Waals surface area contributed by atoms with E-state index in [1.807, 2.05) is 36.5 Å². The highest BCUT2D eigenvalue weighted by molar-refractivity contribution is 5.88. The van der Waals surface area contributed by atoms with Gasteiger partial charge in [0.15, 0.2) is 11.4 Å². The molecule has 1 fully saturated rings. The lowest BCUT2D eigenvalue weighted by Gasteiger charge is -2.23. The lowest BCUT2D eigenvalue weighted by Crippen LogP contribution is -2.32. The lowest BCUT2D eigenvalue weighted by molar-refractivity contribution is 0.315. The van der Waals surface area contributed by atoms with Crippen molar-refractivity contribution in [1.82, 2.24) is 23.8 Å². The Hall–Kier alpha value is -4.42. The van der Waals surface area contributed by atoms with Crippen LogP contribution < -0.4 is 10.7 Å². The standard InChI is InChI=1S/C27H25N7O2/c1-31(2)20-10-11-33(15-20)26-22-14-29-16-34(22)25(24(30-26)18-6-4-17(13-28)5-7-18)19-8-9-21-23(12-19)36-27(35)32(21)3/h4-9,12,14,16,20H,10-11,15H2,1-3H3. The van der Waals surface area contributed by atoms with E-state index in [-0.39, 0.29) is 0 Å². The molecule has 0 bridgehead atoms. The molecule has 36 heavy (non-hydrogen) atoms. The van der Waals surface area contributed by atoms with Crippen molar-refractivity contribution >= 4 is 22.4 Å². The third-order valence-corrected chi connectivity index (χ3v) is 7.10. The molecule has 1 unspecified atom stereocenters. The Bertz CT molecular complexity index is 1700. The summed E-state index contributed by atoms with van der Waals surface area (Å²) in [5, 5.41) is 9.30. The van der Waals surface area contributed by atoms with Crippen molar-refractivity contribution in [3.8, 4) is 28.6 Å². The van der Waals surface area contributed by atoms with E-state index in [9.17, 15) is 10.1 Å². The second kappa shape index (κ2) is 8.36. The van der Waals surface area contributed by atoms with Crippen LogP contribution in [0, 0.1) is 11.3 Å². The predicted octanol–water partition coefficient (Wildman–Crippen LogP) is 3.52. The number of imidazole rings is 1. The molecule has 1 aliphatic heterocycles. The van der Waals surface area contributed by atoms with Gasteiger partial charge >= 0.3 is 5.76 Å². The highest BCUT2D eigenvalue weighted by Crippen LogP contribution is 2.37. The lowest BCUT2D eigenvalue weighted by atomic mass is 10.0. The summed E-state index contributed by atoms with van der Waals surface area (Å²) in [7, 11) is 5.91. The van der Waals surface area contributed by atoms with Gasteiger partial charge in [-0.3, -0.25) is 8.97 Å². The largest absolute Gasteiger partial charge is 0.419 e. The van der Waals surface area contributed by atoms with E-state index in [4.69, 9.17) is 9.40 Å². The van der Waals surface area contributed by atoms with Crippen LogP contribution in [0.2, 0.25) is 0 Å². The van der Waals surface area contributed by atoms with E-state index in [1.165, 1.54) is 4.57 Å². The summed E-state index contributed by atoms with van der Waals surface area (Å²) in [6.07, 6.45) is 4.71. The molecule has 2 aromatic carbocycles. The van der Waals surface area contributed by atoms with Gasteiger partial charge in [0, 0.05) is 37.3 Å². The number of hydrogen-bond acceptors (Lipinski definition) is 7. The summed E-state index contributed by atoms with van der Waals surface area (Å²) in [5.41, 5.74) is 6.09. The Morgan fingerprint density at radius 1 is 1.11 bits per heavy atom. The maximum absolute atomic E-state index is 12.1. The molecule has 0 N–H and O–H groups in total. The van der Waals surface area contributed by atoms with Gasteiger partial charge in [-0.25, -0.2) is 14.8 Å². The van der Waals surface area contributed by atoms with Crippen molar-refractivity contribution in [2.75, 3.05) is 32.1 Å². The van der Waals surface area contributed by atoms with Crippen LogP contribution >= 0.6 is 0 Å². The van der Waals surface area contributed by atoms with Crippen LogP contribution in [0.1, 0.15) is 12.0 Å². The molecule has 4 heterocycles. The number of hydrogen-bond donors (Lipinski definition) is 0. The highest BCUT2D eigenvalue weighted by atomic mass is 16.4. The summed E-state index contributed by atoms with van der Waals surface area (Å²) in [6.45, 7) is 1.79. The number of nitriles is 1. The minimum absolute atomic E-state index is 0.403. The molecular weight excluding hydrogens is 454 g/mol. The molecule has 9 nitrogen and oxygen atoms in total.